The number of nitrogens with zero attached hydrogens (tertiary/aromatic N) is 1. The number of rotatable bonds is 8. The van der Waals surface area contributed by atoms with Gasteiger partial charge in [-0.05, 0) is 110 Å². The molecule has 0 radical (unpaired) electrons. The first-order valence-electron chi connectivity index (χ1n) is 15.2. The quantitative estimate of drug-likeness (QED) is 0.263. The Hall–Kier alpha value is -3.12. The third-order valence-corrected chi connectivity index (χ3v) is 8.57. The fourth-order valence-electron chi connectivity index (χ4n) is 6.28. The lowest BCUT2D eigenvalue weighted by molar-refractivity contribution is 0.323. The van der Waals surface area contributed by atoms with Crippen LogP contribution in [0.5, 0.6) is 0 Å². The van der Waals surface area contributed by atoms with Gasteiger partial charge in [-0.25, -0.2) is 0 Å². The van der Waals surface area contributed by atoms with Crippen molar-refractivity contribution in [3.8, 4) is 11.8 Å². The summed E-state index contributed by atoms with van der Waals surface area (Å²) < 4.78 is 0. The molecule has 0 saturated heterocycles. The van der Waals surface area contributed by atoms with Crippen LogP contribution in [0.1, 0.15) is 107 Å². The van der Waals surface area contributed by atoms with Gasteiger partial charge in [0.25, 0.3) is 0 Å². The Balaban J connectivity index is 0.00000205. The van der Waals surface area contributed by atoms with Gasteiger partial charge in [-0.15, -0.1) is 0 Å². The van der Waals surface area contributed by atoms with Gasteiger partial charge >= 0.3 is 0 Å². The summed E-state index contributed by atoms with van der Waals surface area (Å²) in [5, 5.41) is 14.9. The average Bonchev–Trinajstić information content (AvgIpc) is 3.00. The van der Waals surface area contributed by atoms with Gasteiger partial charge in [0.15, 0.2) is 0 Å². The highest BCUT2D eigenvalue weighted by molar-refractivity contribution is 6.36. The van der Waals surface area contributed by atoms with Crippen LogP contribution in [0.2, 0.25) is 0 Å². The molecule has 39 heavy (non-hydrogen) atoms. The maximum Gasteiger partial charge on any atom is 0.122 e. The van der Waals surface area contributed by atoms with E-state index in [1.54, 1.807) is 0 Å². The lowest BCUT2D eigenvalue weighted by Crippen LogP contribution is -2.33. The summed E-state index contributed by atoms with van der Waals surface area (Å²) >= 11 is 0. The summed E-state index contributed by atoms with van der Waals surface area (Å²) in [5.41, 5.74) is 7.79. The molecule has 4 rings (SSSR count). The Morgan fingerprint density at radius 3 is 2.36 bits per heavy atom. The molecule has 0 amide bonds. The molecule has 3 nitrogen and oxygen atoms in total. The Bertz CT molecular complexity index is 1170. The first-order chi connectivity index (χ1) is 19.0. The largest absolute Gasteiger partial charge is 0.345 e. The van der Waals surface area contributed by atoms with Gasteiger partial charge < -0.3 is 10.3 Å². The van der Waals surface area contributed by atoms with E-state index in [0.29, 0.717) is 17.8 Å². The number of hydrogen-bond donors (Lipinski definition) is 2. The van der Waals surface area contributed by atoms with Crippen LogP contribution in [0.3, 0.4) is 0 Å². The van der Waals surface area contributed by atoms with E-state index < -0.39 is 0 Å². The van der Waals surface area contributed by atoms with Crippen molar-refractivity contribution >= 4 is 17.6 Å². The highest BCUT2D eigenvalue weighted by atomic mass is 15.1. The van der Waals surface area contributed by atoms with Crippen molar-refractivity contribution in [3.63, 3.8) is 0 Å². The normalized spacial score (nSPS) is 19.1. The van der Waals surface area contributed by atoms with Crippen LogP contribution >= 0.6 is 0 Å². The number of allylic oxidation sites excluding steroid dienone is 1. The summed E-state index contributed by atoms with van der Waals surface area (Å²) in [7, 11) is 0. The highest BCUT2D eigenvalue weighted by Crippen LogP contribution is 2.39. The molecule has 0 spiro atoms. The van der Waals surface area contributed by atoms with Crippen LogP contribution in [0.15, 0.2) is 54.7 Å². The third-order valence-electron chi connectivity index (χ3n) is 8.57. The Morgan fingerprint density at radius 1 is 1.00 bits per heavy atom. The van der Waals surface area contributed by atoms with E-state index in [4.69, 9.17) is 10.8 Å². The Morgan fingerprint density at radius 2 is 1.72 bits per heavy atom. The van der Waals surface area contributed by atoms with Gasteiger partial charge in [-0.1, -0.05) is 76.8 Å². The monoisotopic (exact) mass is 523 g/mol. The smallest absolute Gasteiger partial charge is 0.122 e. The van der Waals surface area contributed by atoms with Crippen LogP contribution in [0.4, 0.5) is 5.69 Å². The molecular formula is C36H49N3. The summed E-state index contributed by atoms with van der Waals surface area (Å²) in [4.78, 5) is 2.49. The van der Waals surface area contributed by atoms with Crippen molar-refractivity contribution in [2.75, 3.05) is 11.4 Å². The number of anilines is 1. The average molecular weight is 524 g/mol. The lowest BCUT2D eigenvalue weighted by atomic mass is 9.77. The molecule has 0 heterocycles. The molecule has 0 atom stereocenters. The van der Waals surface area contributed by atoms with Crippen LogP contribution in [0, 0.1) is 41.4 Å². The zero-order valence-corrected chi connectivity index (χ0v) is 24.8. The maximum atomic E-state index is 7.67. The minimum absolute atomic E-state index is 0.0326. The van der Waals surface area contributed by atoms with Crippen molar-refractivity contribution in [2.24, 2.45) is 11.8 Å². The van der Waals surface area contributed by atoms with Crippen molar-refractivity contribution in [2.45, 2.75) is 97.8 Å². The van der Waals surface area contributed by atoms with E-state index in [0.717, 1.165) is 30.4 Å². The van der Waals surface area contributed by atoms with E-state index >= 15 is 0 Å². The second-order valence-corrected chi connectivity index (χ2v) is 11.1. The fourth-order valence-corrected chi connectivity index (χ4v) is 6.28. The SMILES string of the molecule is C=C(C1CCCCC1)N(CC1CCC(c2ccc(CC)c(C)c2)CC1)c1cccc(C#CC(=N)C=N)c1.CC. The maximum absolute atomic E-state index is 7.67. The van der Waals surface area contributed by atoms with Crippen LogP contribution in [0.25, 0.3) is 0 Å². The molecule has 208 valence electrons. The van der Waals surface area contributed by atoms with E-state index in [1.165, 1.54) is 80.2 Å². The predicted molar refractivity (Wildman–Crippen MR) is 169 cm³/mol. The molecule has 0 unspecified atom stereocenters. The minimum atomic E-state index is 0.0326. The molecule has 0 bridgehead atoms. The van der Waals surface area contributed by atoms with Crippen molar-refractivity contribution < 1.29 is 0 Å². The summed E-state index contributed by atoms with van der Waals surface area (Å²) in [5.74, 6) is 7.74. The molecule has 3 heteroatoms. The van der Waals surface area contributed by atoms with Gasteiger partial charge in [0.05, 0.1) is 6.21 Å². The predicted octanol–water partition coefficient (Wildman–Crippen LogP) is 9.48. The third kappa shape index (κ3) is 8.43. The number of nitrogens with one attached hydrogen (secondary N) is 2. The molecule has 2 aliphatic rings. The first-order valence-corrected chi connectivity index (χ1v) is 15.2. The van der Waals surface area contributed by atoms with E-state index in [1.807, 2.05) is 19.9 Å². The van der Waals surface area contributed by atoms with E-state index in [-0.39, 0.29) is 5.71 Å². The zero-order chi connectivity index (χ0) is 28.2. The van der Waals surface area contributed by atoms with E-state index in [2.05, 4.69) is 73.6 Å². The zero-order valence-electron chi connectivity index (χ0n) is 24.8. The first kappa shape index (κ1) is 30.4. The second-order valence-electron chi connectivity index (χ2n) is 11.1. The molecule has 0 aromatic heterocycles. The highest BCUT2D eigenvalue weighted by Gasteiger charge is 2.28. The van der Waals surface area contributed by atoms with E-state index in [9.17, 15) is 0 Å². The fraction of sp³-hybridized carbons (Fsp3) is 0.500. The number of hydrogen-bond acceptors (Lipinski definition) is 3. The topological polar surface area (TPSA) is 50.9 Å². The summed E-state index contributed by atoms with van der Waals surface area (Å²) in [6.45, 7) is 14.2. The van der Waals surface area contributed by atoms with Gasteiger partial charge in [-0.3, -0.25) is 5.41 Å². The van der Waals surface area contributed by atoms with Crippen molar-refractivity contribution in [3.05, 3.63) is 77.0 Å². The number of aryl methyl sites for hydroxylation is 2. The minimum Gasteiger partial charge on any atom is -0.345 e. The molecule has 0 aliphatic heterocycles. The molecular weight excluding hydrogens is 474 g/mol. The summed E-state index contributed by atoms with van der Waals surface area (Å²) in [6, 6.07) is 15.5. The van der Waals surface area contributed by atoms with Crippen LogP contribution in [-0.2, 0) is 6.42 Å². The number of benzene rings is 2. The van der Waals surface area contributed by atoms with Crippen LogP contribution < -0.4 is 4.90 Å². The van der Waals surface area contributed by atoms with Gasteiger partial charge in [0, 0.05) is 23.5 Å². The molecule has 2 fully saturated rings. The molecule has 2 aromatic carbocycles. The molecule has 2 aliphatic carbocycles. The second kappa shape index (κ2) is 15.5. The summed E-state index contributed by atoms with van der Waals surface area (Å²) in [6.07, 6.45) is 13.6. The Kier molecular flexibility index (Phi) is 12.1. The van der Waals surface area contributed by atoms with Gasteiger partial charge in [0.2, 0.25) is 0 Å². The molecule has 2 saturated carbocycles. The molecule has 2 aromatic rings. The van der Waals surface area contributed by atoms with Gasteiger partial charge in [0.1, 0.15) is 5.71 Å². The Labute approximate surface area is 238 Å². The standard InChI is InChI=1S/C34H43N3.C2H6/c1-4-29-18-19-32(21-25(29)2)31-16-13-28(14-17-31)24-37(26(3)30-10-6-5-7-11-30)34-12-8-9-27(22-34)15-20-33(36)23-35;1-2/h8-9,12,18-19,21-23,28,30-31,35-36H,3-7,10-11,13-14,16-17,24H2,1-2H3;1-2H3. The van der Waals surface area contributed by atoms with Gasteiger partial charge in [-0.2, -0.15) is 0 Å². The molecule has 2 N–H and O–H groups in total. The lowest BCUT2D eigenvalue weighted by Gasteiger charge is -2.38. The van der Waals surface area contributed by atoms with Crippen LogP contribution in [-0.4, -0.2) is 18.5 Å². The van der Waals surface area contributed by atoms with Crippen molar-refractivity contribution in [1.29, 1.82) is 10.8 Å². The van der Waals surface area contributed by atoms with Crippen molar-refractivity contribution in [1.82, 2.24) is 0 Å².